The molecule has 0 aliphatic rings. The maximum atomic E-state index is 10.8. The Kier molecular flexibility index (Phi) is 15.1. The maximum Gasteiger partial charge on any atom is 0.119 e. The van der Waals surface area contributed by atoms with Crippen molar-refractivity contribution in [3.63, 3.8) is 0 Å². The van der Waals surface area contributed by atoms with Crippen LogP contribution in [0.25, 0.3) is 0 Å². The van der Waals surface area contributed by atoms with Gasteiger partial charge in [-0.3, -0.25) is 0 Å². The normalized spacial score (nSPS) is 11.8. The molecular formula is C28H50O. The Hall–Kier alpha value is -0.980. The van der Waals surface area contributed by atoms with Gasteiger partial charge in [0.25, 0.3) is 0 Å². The minimum absolute atomic E-state index is 0.177. The number of rotatable bonds is 19. The van der Waals surface area contributed by atoms with Gasteiger partial charge in [0.05, 0.1) is 0 Å². The molecule has 0 aromatic heterocycles. The highest BCUT2D eigenvalue weighted by molar-refractivity contribution is 5.38. The fraction of sp³-hybridized carbons (Fsp3) is 0.786. The average Bonchev–Trinajstić information content (AvgIpc) is 2.73. The zero-order valence-electron chi connectivity index (χ0n) is 20.0. The van der Waals surface area contributed by atoms with Gasteiger partial charge in [0.2, 0.25) is 0 Å². The van der Waals surface area contributed by atoms with Gasteiger partial charge >= 0.3 is 0 Å². The predicted octanol–water partition coefficient (Wildman–Crippen LogP) is 9.71. The largest absolute Gasteiger partial charge is 0.508 e. The maximum absolute atomic E-state index is 10.8. The summed E-state index contributed by atoms with van der Waals surface area (Å²) in [6.07, 6.45) is 23.8. The Morgan fingerprint density at radius 1 is 0.552 bits per heavy atom. The lowest BCUT2D eigenvalue weighted by molar-refractivity contribution is 0.289. The molecule has 0 aliphatic heterocycles. The number of benzene rings is 1. The molecule has 0 heterocycles. The quantitative estimate of drug-likeness (QED) is 0.228. The molecule has 0 unspecified atom stereocenters. The zero-order valence-corrected chi connectivity index (χ0v) is 20.0. The van der Waals surface area contributed by atoms with E-state index >= 15 is 0 Å². The first-order valence-corrected chi connectivity index (χ1v) is 13.0. The van der Waals surface area contributed by atoms with Crippen LogP contribution in [0.1, 0.15) is 142 Å². The molecule has 29 heavy (non-hydrogen) atoms. The summed E-state index contributed by atoms with van der Waals surface area (Å²) >= 11 is 0. The standard InChI is InChI=1S/C28H50O/c1-4-7-10-13-18-23-28(24-19-14-11-8-5-2,25-20-15-12-9-6-3)26-21-16-17-22-27(26)29/h16-17,21-22,29H,4-15,18-20,23-25H2,1-3H3. The Labute approximate surface area is 182 Å². The van der Waals surface area contributed by atoms with Gasteiger partial charge in [-0.05, 0) is 30.7 Å². The summed E-state index contributed by atoms with van der Waals surface area (Å²) < 4.78 is 0. The first-order valence-electron chi connectivity index (χ1n) is 13.0. The molecule has 0 bridgehead atoms. The van der Waals surface area contributed by atoms with Gasteiger partial charge in [-0.1, -0.05) is 135 Å². The lowest BCUT2D eigenvalue weighted by atomic mass is 9.69. The van der Waals surface area contributed by atoms with E-state index in [4.69, 9.17) is 0 Å². The van der Waals surface area contributed by atoms with Crippen LogP contribution in [0, 0.1) is 0 Å². The lowest BCUT2D eigenvalue weighted by Gasteiger charge is -2.36. The molecule has 1 N–H and O–H groups in total. The molecule has 1 aromatic carbocycles. The minimum atomic E-state index is 0.177. The number of para-hydroxylation sites is 1. The molecule has 1 rings (SSSR count). The molecule has 1 nitrogen and oxygen atoms in total. The van der Waals surface area contributed by atoms with E-state index in [-0.39, 0.29) is 5.41 Å². The molecule has 0 fully saturated rings. The second-order valence-electron chi connectivity index (χ2n) is 9.29. The van der Waals surface area contributed by atoms with Crippen LogP contribution in [0.3, 0.4) is 0 Å². The number of hydrogen-bond donors (Lipinski definition) is 1. The lowest BCUT2D eigenvalue weighted by Crippen LogP contribution is -2.27. The summed E-state index contributed by atoms with van der Waals surface area (Å²) in [6, 6.07) is 8.25. The third-order valence-electron chi connectivity index (χ3n) is 6.75. The average molecular weight is 403 g/mol. The van der Waals surface area contributed by atoms with Crippen LogP contribution in [0.4, 0.5) is 0 Å². The van der Waals surface area contributed by atoms with E-state index in [1.54, 1.807) is 0 Å². The fourth-order valence-corrected chi connectivity index (χ4v) is 4.90. The number of phenols is 1. The minimum Gasteiger partial charge on any atom is -0.508 e. The van der Waals surface area contributed by atoms with Gasteiger partial charge in [-0.25, -0.2) is 0 Å². The van der Waals surface area contributed by atoms with Gasteiger partial charge in [-0.15, -0.1) is 0 Å². The van der Waals surface area contributed by atoms with E-state index in [0.29, 0.717) is 5.75 Å². The first kappa shape index (κ1) is 26.1. The first-order chi connectivity index (χ1) is 14.2. The molecule has 0 amide bonds. The molecule has 1 aromatic rings. The van der Waals surface area contributed by atoms with Crippen LogP contribution >= 0.6 is 0 Å². The van der Waals surface area contributed by atoms with Crippen molar-refractivity contribution in [3.05, 3.63) is 29.8 Å². The third kappa shape index (κ3) is 10.6. The predicted molar refractivity (Wildman–Crippen MR) is 130 cm³/mol. The molecule has 0 saturated heterocycles. The van der Waals surface area contributed by atoms with Gasteiger partial charge < -0.3 is 5.11 Å². The number of aromatic hydroxyl groups is 1. The Balaban J connectivity index is 2.88. The van der Waals surface area contributed by atoms with E-state index in [9.17, 15) is 5.11 Å². The van der Waals surface area contributed by atoms with Crippen molar-refractivity contribution in [2.24, 2.45) is 0 Å². The highest BCUT2D eigenvalue weighted by atomic mass is 16.3. The number of hydrogen-bond acceptors (Lipinski definition) is 1. The van der Waals surface area contributed by atoms with Gasteiger partial charge in [0.1, 0.15) is 5.75 Å². The summed E-state index contributed by atoms with van der Waals surface area (Å²) in [5.74, 6) is 0.531. The van der Waals surface area contributed by atoms with E-state index in [1.807, 2.05) is 12.1 Å². The molecule has 1 heteroatoms. The second kappa shape index (κ2) is 16.8. The number of phenolic OH excluding ortho intramolecular Hbond substituents is 1. The molecule has 0 saturated carbocycles. The third-order valence-corrected chi connectivity index (χ3v) is 6.75. The van der Waals surface area contributed by atoms with Crippen molar-refractivity contribution in [2.75, 3.05) is 0 Å². The zero-order chi connectivity index (χ0) is 21.2. The van der Waals surface area contributed by atoms with Crippen molar-refractivity contribution in [1.82, 2.24) is 0 Å². The summed E-state index contributed by atoms with van der Waals surface area (Å²) in [6.45, 7) is 6.87. The number of unbranched alkanes of at least 4 members (excludes halogenated alkanes) is 12. The monoisotopic (exact) mass is 402 g/mol. The Morgan fingerprint density at radius 3 is 1.31 bits per heavy atom. The summed E-state index contributed by atoms with van der Waals surface area (Å²) in [5.41, 5.74) is 1.41. The summed E-state index contributed by atoms with van der Waals surface area (Å²) in [7, 11) is 0. The van der Waals surface area contributed by atoms with Crippen molar-refractivity contribution < 1.29 is 5.11 Å². The van der Waals surface area contributed by atoms with E-state index in [2.05, 4.69) is 32.9 Å². The molecule has 168 valence electrons. The summed E-state index contributed by atoms with van der Waals surface area (Å²) in [5, 5.41) is 10.8. The highest BCUT2D eigenvalue weighted by Crippen LogP contribution is 2.44. The van der Waals surface area contributed by atoms with Crippen molar-refractivity contribution in [1.29, 1.82) is 0 Å². The van der Waals surface area contributed by atoms with Crippen molar-refractivity contribution >= 4 is 0 Å². The van der Waals surface area contributed by atoms with Crippen molar-refractivity contribution in [2.45, 2.75) is 142 Å². The molecular weight excluding hydrogens is 352 g/mol. The van der Waals surface area contributed by atoms with Crippen LogP contribution in [-0.2, 0) is 5.41 Å². The highest BCUT2D eigenvalue weighted by Gasteiger charge is 2.32. The Morgan fingerprint density at radius 2 is 0.931 bits per heavy atom. The van der Waals surface area contributed by atoms with Crippen LogP contribution in [0.15, 0.2) is 24.3 Å². The van der Waals surface area contributed by atoms with E-state index in [1.165, 1.54) is 121 Å². The topological polar surface area (TPSA) is 20.2 Å². The molecule has 0 spiro atoms. The molecule has 0 atom stereocenters. The van der Waals surface area contributed by atoms with Crippen molar-refractivity contribution in [3.8, 4) is 5.75 Å². The second-order valence-corrected chi connectivity index (χ2v) is 9.29. The SMILES string of the molecule is CCCCCCCC(CCCCCCC)(CCCCCCC)c1ccccc1O. The van der Waals surface area contributed by atoms with E-state index < -0.39 is 0 Å². The van der Waals surface area contributed by atoms with Crippen LogP contribution in [0.5, 0.6) is 5.75 Å². The van der Waals surface area contributed by atoms with E-state index in [0.717, 1.165) is 0 Å². The molecule has 0 aliphatic carbocycles. The van der Waals surface area contributed by atoms with Crippen LogP contribution < -0.4 is 0 Å². The van der Waals surface area contributed by atoms with Gasteiger partial charge in [-0.2, -0.15) is 0 Å². The fourth-order valence-electron chi connectivity index (χ4n) is 4.90. The summed E-state index contributed by atoms with van der Waals surface area (Å²) in [4.78, 5) is 0. The van der Waals surface area contributed by atoms with Crippen LogP contribution in [0.2, 0.25) is 0 Å². The molecule has 0 radical (unpaired) electrons. The van der Waals surface area contributed by atoms with Gasteiger partial charge in [0, 0.05) is 5.56 Å². The Bertz CT molecular complexity index is 457. The van der Waals surface area contributed by atoms with Crippen LogP contribution in [-0.4, -0.2) is 5.11 Å². The van der Waals surface area contributed by atoms with Gasteiger partial charge in [0.15, 0.2) is 0 Å². The smallest absolute Gasteiger partial charge is 0.119 e.